The van der Waals surface area contributed by atoms with Crippen molar-refractivity contribution in [2.24, 2.45) is 5.92 Å². The highest BCUT2D eigenvalue weighted by molar-refractivity contribution is 5.93. The van der Waals surface area contributed by atoms with Gasteiger partial charge in [-0.15, -0.1) is 0 Å². The molecule has 0 saturated heterocycles. The largest absolute Gasteiger partial charge is 0.396 e. The fourth-order valence-electron chi connectivity index (χ4n) is 4.39. The summed E-state index contributed by atoms with van der Waals surface area (Å²) in [6, 6.07) is 10.3. The lowest BCUT2D eigenvalue weighted by Crippen LogP contribution is -2.00. The van der Waals surface area contributed by atoms with E-state index in [0.29, 0.717) is 24.1 Å². The summed E-state index contributed by atoms with van der Waals surface area (Å²) in [7, 11) is 0. The van der Waals surface area contributed by atoms with Gasteiger partial charge in [0, 0.05) is 54.2 Å². The van der Waals surface area contributed by atoms with Crippen molar-refractivity contribution in [1.82, 2.24) is 19.9 Å². The molecule has 31 heavy (non-hydrogen) atoms. The molecular formula is C25H25N5O. The number of nitrogen functional groups attached to an aromatic ring is 1. The number of hydrogen-bond donors (Lipinski definition) is 2. The molecule has 0 bridgehead atoms. The Bertz CT molecular complexity index is 1210. The summed E-state index contributed by atoms with van der Waals surface area (Å²) in [5, 5.41) is 11.3. The van der Waals surface area contributed by atoms with E-state index in [1.807, 2.05) is 36.8 Å². The Hall–Kier alpha value is -3.38. The number of aryl methyl sites for hydroxylation is 1. The van der Waals surface area contributed by atoms with E-state index in [1.165, 1.54) is 12.0 Å². The van der Waals surface area contributed by atoms with Crippen LogP contribution in [0.1, 0.15) is 35.6 Å². The van der Waals surface area contributed by atoms with Crippen LogP contribution in [0, 0.1) is 5.92 Å². The molecule has 4 heterocycles. The normalized spacial score (nSPS) is 17.7. The Labute approximate surface area is 181 Å². The maximum Gasteiger partial charge on any atom is 0.133 e. The molecule has 6 heteroatoms. The highest BCUT2D eigenvalue weighted by atomic mass is 16.2. The molecule has 0 unspecified atom stereocenters. The minimum atomic E-state index is 0.0787. The number of rotatable bonds is 7. The van der Waals surface area contributed by atoms with Crippen molar-refractivity contribution in [1.29, 1.82) is 0 Å². The first-order valence-corrected chi connectivity index (χ1v) is 10.7. The standard InChI is InChI=1S/C25H25N5O/c26-25-23-15-29-20(4-3-17-11-21(17)18-2-1-7-27-13-18)10-19(23)12-24(30-25)22-14-28-8-5-16(22)6-9-31/h1-2,5,7-8,10,12-15,17,21,31H,3-4,6,9,11H2,(H2,26,30)/t17-,21-/m0/s1. The third-order valence-corrected chi connectivity index (χ3v) is 6.18. The SMILES string of the molecule is Nc1nc(-c2cnccc2CCO)cc2cc(CC[C@H]3C[C@@H]3c3cccnc3)ncc12. The van der Waals surface area contributed by atoms with Gasteiger partial charge in [-0.05, 0) is 78.3 Å². The summed E-state index contributed by atoms with van der Waals surface area (Å²) in [5.74, 6) is 1.80. The van der Waals surface area contributed by atoms with E-state index >= 15 is 0 Å². The summed E-state index contributed by atoms with van der Waals surface area (Å²) in [5.41, 5.74) is 11.4. The molecule has 1 aliphatic rings. The van der Waals surface area contributed by atoms with Gasteiger partial charge in [-0.25, -0.2) is 4.98 Å². The number of anilines is 1. The van der Waals surface area contributed by atoms with Crippen molar-refractivity contribution in [3.63, 3.8) is 0 Å². The van der Waals surface area contributed by atoms with E-state index in [1.54, 1.807) is 12.4 Å². The van der Waals surface area contributed by atoms with Crippen LogP contribution in [0.25, 0.3) is 22.0 Å². The zero-order valence-corrected chi connectivity index (χ0v) is 17.3. The van der Waals surface area contributed by atoms with E-state index in [2.05, 4.69) is 32.1 Å². The molecule has 3 N–H and O–H groups in total. The zero-order valence-electron chi connectivity index (χ0n) is 17.3. The Kier molecular flexibility index (Phi) is 5.30. The number of aliphatic hydroxyl groups excluding tert-OH is 1. The molecular weight excluding hydrogens is 386 g/mol. The number of aromatic nitrogens is 4. The fraction of sp³-hybridized carbons (Fsp3) is 0.280. The van der Waals surface area contributed by atoms with E-state index in [-0.39, 0.29) is 6.61 Å². The summed E-state index contributed by atoms with van der Waals surface area (Å²) < 4.78 is 0. The van der Waals surface area contributed by atoms with E-state index in [9.17, 15) is 5.11 Å². The van der Waals surface area contributed by atoms with Crippen LogP contribution in [0.5, 0.6) is 0 Å². The molecule has 1 aliphatic carbocycles. The lowest BCUT2D eigenvalue weighted by atomic mass is 10.0. The van der Waals surface area contributed by atoms with Gasteiger partial charge < -0.3 is 10.8 Å². The lowest BCUT2D eigenvalue weighted by molar-refractivity contribution is 0.299. The summed E-state index contributed by atoms with van der Waals surface area (Å²) >= 11 is 0. The molecule has 156 valence electrons. The molecule has 0 aliphatic heterocycles. The highest BCUT2D eigenvalue weighted by Crippen LogP contribution is 2.49. The van der Waals surface area contributed by atoms with Crippen molar-refractivity contribution < 1.29 is 5.11 Å². The van der Waals surface area contributed by atoms with Crippen LogP contribution in [-0.4, -0.2) is 31.6 Å². The molecule has 5 rings (SSSR count). The monoisotopic (exact) mass is 411 g/mol. The molecule has 6 nitrogen and oxygen atoms in total. The van der Waals surface area contributed by atoms with Crippen molar-refractivity contribution in [3.8, 4) is 11.3 Å². The van der Waals surface area contributed by atoms with E-state index in [4.69, 9.17) is 5.73 Å². The van der Waals surface area contributed by atoms with Crippen molar-refractivity contribution >= 4 is 16.6 Å². The lowest BCUT2D eigenvalue weighted by Gasteiger charge is -2.11. The van der Waals surface area contributed by atoms with Crippen LogP contribution in [0.15, 0.2) is 61.3 Å². The molecule has 2 atom stereocenters. The molecule has 0 aromatic carbocycles. The average Bonchev–Trinajstić information content (AvgIpc) is 3.58. The number of aliphatic hydroxyl groups is 1. The van der Waals surface area contributed by atoms with Crippen LogP contribution in [-0.2, 0) is 12.8 Å². The van der Waals surface area contributed by atoms with Crippen LogP contribution in [0.4, 0.5) is 5.82 Å². The van der Waals surface area contributed by atoms with Gasteiger partial charge in [-0.2, -0.15) is 0 Å². The van der Waals surface area contributed by atoms with Crippen molar-refractivity contribution in [2.45, 2.75) is 31.6 Å². The Balaban J connectivity index is 1.37. The van der Waals surface area contributed by atoms with Gasteiger partial charge in [0.2, 0.25) is 0 Å². The molecule has 1 saturated carbocycles. The van der Waals surface area contributed by atoms with Crippen molar-refractivity contribution in [2.75, 3.05) is 12.3 Å². The zero-order chi connectivity index (χ0) is 21.2. The first kappa shape index (κ1) is 19.6. The van der Waals surface area contributed by atoms with Gasteiger partial charge in [0.15, 0.2) is 0 Å². The Morgan fingerprint density at radius 2 is 1.94 bits per heavy atom. The average molecular weight is 412 g/mol. The highest BCUT2D eigenvalue weighted by Gasteiger charge is 2.37. The van der Waals surface area contributed by atoms with Gasteiger partial charge in [0.1, 0.15) is 5.82 Å². The molecule has 0 radical (unpaired) electrons. The second-order valence-electron chi connectivity index (χ2n) is 8.22. The summed E-state index contributed by atoms with van der Waals surface area (Å²) in [6.45, 7) is 0.0787. The molecule has 0 spiro atoms. The van der Waals surface area contributed by atoms with Crippen LogP contribution < -0.4 is 5.73 Å². The topological polar surface area (TPSA) is 97.8 Å². The molecule has 1 fully saturated rings. The predicted octanol–water partition coefficient (Wildman–Crippen LogP) is 3.94. The first-order chi connectivity index (χ1) is 15.2. The minimum absolute atomic E-state index is 0.0787. The number of nitrogens with zero attached hydrogens (tertiary/aromatic N) is 4. The number of pyridine rings is 4. The van der Waals surface area contributed by atoms with Gasteiger partial charge >= 0.3 is 0 Å². The first-order valence-electron chi connectivity index (χ1n) is 10.7. The quantitative estimate of drug-likeness (QED) is 0.478. The maximum absolute atomic E-state index is 9.38. The second-order valence-corrected chi connectivity index (χ2v) is 8.22. The van der Waals surface area contributed by atoms with Crippen LogP contribution in [0.2, 0.25) is 0 Å². The third-order valence-electron chi connectivity index (χ3n) is 6.18. The van der Waals surface area contributed by atoms with Gasteiger partial charge in [-0.3, -0.25) is 15.0 Å². The smallest absolute Gasteiger partial charge is 0.133 e. The predicted molar refractivity (Wildman–Crippen MR) is 121 cm³/mol. The fourth-order valence-corrected chi connectivity index (χ4v) is 4.39. The molecule has 4 aromatic rings. The van der Waals surface area contributed by atoms with Crippen LogP contribution in [0.3, 0.4) is 0 Å². The van der Waals surface area contributed by atoms with E-state index in [0.717, 1.165) is 46.1 Å². The van der Waals surface area contributed by atoms with Crippen LogP contribution >= 0.6 is 0 Å². The van der Waals surface area contributed by atoms with Gasteiger partial charge in [0.05, 0.1) is 5.69 Å². The summed E-state index contributed by atoms with van der Waals surface area (Å²) in [4.78, 5) is 17.7. The summed E-state index contributed by atoms with van der Waals surface area (Å²) in [6.07, 6.45) is 13.0. The minimum Gasteiger partial charge on any atom is -0.396 e. The molecule has 0 amide bonds. The molecule has 4 aromatic heterocycles. The number of nitrogens with two attached hydrogens (primary N) is 1. The number of fused-ring (bicyclic) bond motifs is 1. The van der Waals surface area contributed by atoms with E-state index < -0.39 is 0 Å². The van der Waals surface area contributed by atoms with Gasteiger partial charge in [-0.1, -0.05) is 6.07 Å². The van der Waals surface area contributed by atoms with Crippen molar-refractivity contribution in [3.05, 3.63) is 78.1 Å². The Morgan fingerprint density at radius 1 is 1.03 bits per heavy atom. The number of hydrogen-bond acceptors (Lipinski definition) is 6. The van der Waals surface area contributed by atoms with Gasteiger partial charge in [0.25, 0.3) is 0 Å². The maximum atomic E-state index is 9.38. The third kappa shape index (κ3) is 4.11. The Morgan fingerprint density at radius 3 is 2.77 bits per heavy atom. The second kappa shape index (κ2) is 8.40.